The van der Waals surface area contributed by atoms with Gasteiger partial charge in [0.25, 0.3) is 0 Å². The van der Waals surface area contributed by atoms with Crippen molar-refractivity contribution < 1.29 is 9.53 Å². The van der Waals surface area contributed by atoms with Gasteiger partial charge in [-0.05, 0) is 36.8 Å². The van der Waals surface area contributed by atoms with E-state index < -0.39 is 0 Å². The fourth-order valence-corrected chi connectivity index (χ4v) is 2.21. The SMILES string of the molecule is O=C(CCCCl)c1ccc(OCc2ccccc2Cl)cc1. The maximum atomic E-state index is 11.8. The molecule has 0 spiro atoms. The molecule has 0 atom stereocenters. The Morgan fingerprint density at radius 1 is 1.05 bits per heavy atom. The van der Waals surface area contributed by atoms with Gasteiger partial charge in [-0.3, -0.25) is 4.79 Å². The largest absolute Gasteiger partial charge is 0.489 e. The highest BCUT2D eigenvalue weighted by molar-refractivity contribution is 6.31. The Morgan fingerprint density at radius 2 is 1.76 bits per heavy atom. The third-order valence-corrected chi connectivity index (χ3v) is 3.70. The van der Waals surface area contributed by atoms with E-state index in [1.54, 1.807) is 24.3 Å². The number of halogens is 2. The van der Waals surface area contributed by atoms with Crippen LogP contribution in [0.5, 0.6) is 5.75 Å². The zero-order valence-corrected chi connectivity index (χ0v) is 13.0. The number of hydrogen-bond acceptors (Lipinski definition) is 2. The molecule has 2 aromatic rings. The van der Waals surface area contributed by atoms with Crippen LogP contribution in [0.1, 0.15) is 28.8 Å². The normalized spacial score (nSPS) is 10.4. The van der Waals surface area contributed by atoms with E-state index in [9.17, 15) is 4.79 Å². The average Bonchev–Trinajstić information content (AvgIpc) is 2.52. The summed E-state index contributed by atoms with van der Waals surface area (Å²) < 4.78 is 5.67. The maximum Gasteiger partial charge on any atom is 0.162 e. The molecule has 2 rings (SSSR count). The number of carbonyl (C=O) groups excluding carboxylic acids is 1. The number of hydrogen-bond donors (Lipinski definition) is 0. The van der Waals surface area contributed by atoms with Gasteiger partial charge < -0.3 is 4.74 Å². The van der Waals surface area contributed by atoms with E-state index in [1.165, 1.54) is 0 Å². The van der Waals surface area contributed by atoms with E-state index in [0.717, 1.165) is 5.56 Å². The minimum absolute atomic E-state index is 0.105. The Bertz CT molecular complexity index is 594. The highest BCUT2D eigenvalue weighted by Gasteiger charge is 2.06. The molecule has 0 aliphatic heterocycles. The predicted octanol–water partition coefficient (Wildman–Crippen LogP) is 5.12. The van der Waals surface area contributed by atoms with E-state index >= 15 is 0 Å². The molecule has 0 saturated carbocycles. The number of carbonyl (C=O) groups is 1. The minimum Gasteiger partial charge on any atom is -0.489 e. The van der Waals surface area contributed by atoms with Gasteiger partial charge in [-0.2, -0.15) is 0 Å². The number of Topliss-reactive ketones (excluding diaryl/α,β-unsaturated/α-hetero) is 1. The lowest BCUT2D eigenvalue weighted by Gasteiger charge is -2.08. The van der Waals surface area contributed by atoms with Crippen molar-refractivity contribution in [1.29, 1.82) is 0 Å². The second-order valence-corrected chi connectivity index (χ2v) is 5.41. The minimum atomic E-state index is 0.105. The van der Waals surface area contributed by atoms with Crippen molar-refractivity contribution in [1.82, 2.24) is 0 Å². The number of ketones is 1. The van der Waals surface area contributed by atoms with Gasteiger partial charge >= 0.3 is 0 Å². The lowest BCUT2D eigenvalue weighted by Crippen LogP contribution is -2.00. The van der Waals surface area contributed by atoms with Crippen molar-refractivity contribution in [3.05, 3.63) is 64.7 Å². The second-order valence-electron chi connectivity index (χ2n) is 4.62. The van der Waals surface area contributed by atoms with Crippen molar-refractivity contribution in [3.63, 3.8) is 0 Å². The average molecular weight is 323 g/mol. The van der Waals surface area contributed by atoms with Crippen LogP contribution in [0.25, 0.3) is 0 Å². The summed E-state index contributed by atoms with van der Waals surface area (Å²) in [7, 11) is 0. The van der Waals surface area contributed by atoms with Crippen LogP contribution in [0.3, 0.4) is 0 Å². The standard InChI is InChI=1S/C17H16Cl2O2/c18-11-3-6-17(20)13-7-9-15(10-8-13)21-12-14-4-1-2-5-16(14)19/h1-2,4-5,7-10H,3,6,11-12H2. The monoisotopic (exact) mass is 322 g/mol. The molecule has 0 bridgehead atoms. The van der Waals surface area contributed by atoms with Gasteiger partial charge in [0.2, 0.25) is 0 Å². The zero-order valence-electron chi connectivity index (χ0n) is 11.5. The molecule has 0 aliphatic rings. The van der Waals surface area contributed by atoms with Gasteiger partial charge in [0.15, 0.2) is 5.78 Å². The van der Waals surface area contributed by atoms with Gasteiger partial charge in [-0.1, -0.05) is 29.8 Å². The maximum absolute atomic E-state index is 11.8. The molecule has 0 heterocycles. The summed E-state index contributed by atoms with van der Waals surface area (Å²) in [4.78, 5) is 11.8. The Labute approximate surface area is 134 Å². The molecule has 0 saturated heterocycles. The lowest BCUT2D eigenvalue weighted by atomic mass is 10.1. The number of benzene rings is 2. The fourth-order valence-electron chi connectivity index (χ4n) is 1.89. The molecule has 0 unspecified atom stereocenters. The van der Waals surface area contributed by atoms with Gasteiger partial charge in [-0.25, -0.2) is 0 Å². The molecule has 0 fully saturated rings. The fraction of sp³-hybridized carbons (Fsp3) is 0.235. The molecule has 0 aliphatic carbocycles. The summed E-state index contributed by atoms with van der Waals surface area (Å²) in [5, 5.41) is 0.686. The first-order chi connectivity index (χ1) is 10.2. The molecule has 0 radical (unpaired) electrons. The molecule has 0 aromatic heterocycles. The van der Waals surface area contributed by atoms with Crippen LogP contribution in [-0.4, -0.2) is 11.7 Å². The third-order valence-electron chi connectivity index (χ3n) is 3.07. The molecule has 2 aromatic carbocycles. The highest BCUT2D eigenvalue weighted by atomic mass is 35.5. The molecule has 4 heteroatoms. The molecule has 0 amide bonds. The zero-order chi connectivity index (χ0) is 15.1. The highest BCUT2D eigenvalue weighted by Crippen LogP contribution is 2.19. The summed E-state index contributed by atoms with van der Waals surface area (Å²) in [6.07, 6.45) is 1.18. The summed E-state index contributed by atoms with van der Waals surface area (Å²) in [5.74, 6) is 1.32. The first-order valence-corrected chi connectivity index (χ1v) is 7.67. The Morgan fingerprint density at radius 3 is 2.43 bits per heavy atom. The van der Waals surface area contributed by atoms with E-state index in [1.807, 2.05) is 24.3 Å². The van der Waals surface area contributed by atoms with Crippen LogP contribution in [0, 0.1) is 0 Å². The topological polar surface area (TPSA) is 26.3 Å². The second kappa shape index (κ2) is 8.06. The summed E-state index contributed by atoms with van der Waals surface area (Å²) in [6, 6.07) is 14.7. The summed E-state index contributed by atoms with van der Waals surface area (Å²) in [5.41, 5.74) is 1.62. The summed E-state index contributed by atoms with van der Waals surface area (Å²) >= 11 is 11.7. The van der Waals surface area contributed by atoms with Gasteiger partial charge in [0.1, 0.15) is 12.4 Å². The smallest absolute Gasteiger partial charge is 0.162 e. The third kappa shape index (κ3) is 4.76. The van der Waals surface area contributed by atoms with Gasteiger partial charge in [0.05, 0.1) is 0 Å². The number of ether oxygens (including phenoxy) is 1. The Kier molecular flexibility index (Phi) is 6.09. The Balaban J connectivity index is 1.93. The van der Waals surface area contributed by atoms with Gasteiger partial charge in [-0.15, -0.1) is 11.6 Å². The van der Waals surface area contributed by atoms with Crippen LogP contribution in [-0.2, 0) is 6.61 Å². The quantitative estimate of drug-likeness (QED) is 0.522. The van der Waals surface area contributed by atoms with E-state index in [-0.39, 0.29) is 5.78 Å². The van der Waals surface area contributed by atoms with Crippen molar-refractivity contribution in [2.24, 2.45) is 0 Å². The molecule has 2 nitrogen and oxygen atoms in total. The van der Waals surface area contributed by atoms with Crippen LogP contribution < -0.4 is 4.74 Å². The molecule has 21 heavy (non-hydrogen) atoms. The first-order valence-electron chi connectivity index (χ1n) is 6.76. The van der Waals surface area contributed by atoms with Crippen molar-refractivity contribution in [2.45, 2.75) is 19.4 Å². The van der Waals surface area contributed by atoms with Crippen LogP contribution in [0.4, 0.5) is 0 Å². The molecule has 110 valence electrons. The van der Waals surface area contributed by atoms with Crippen molar-refractivity contribution in [2.75, 3.05) is 5.88 Å². The number of rotatable bonds is 7. The van der Waals surface area contributed by atoms with E-state index in [2.05, 4.69) is 0 Å². The molecular weight excluding hydrogens is 307 g/mol. The first kappa shape index (κ1) is 15.9. The van der Waals surface area contributed by atoms with Crippen LogP contribution >= 0.6 is 23.2 Å². The van der Waals surface area contributed by atoms with Crippen molar-refractivity contribution >= 4 is 29.0 Å². The predicted molar refractivity (Wildman–Crippen MR) is 86.5 cm³/mol. The lowest BCUT2D eigenvalue weighted by molar-refractivity contribution is 0.0982. The van der Waals surface area contributed by atoms with Crippen LogP contribution in [0.2, 0.25) is 5.02 Å². The number of alkyl halides is 1. The van der Waals surface area contributed by atoms with Crippen molar-refractivity contribution in [3.8, 4) is 5.75 Å². The van der Waals surface area contributed by atoms with E-state index in [0.29, 0.717) is 41.7 Å². The van der Waals surface area contributed by atoms with Crippen LogP contribution in [0.15, 0.2) is 48.5 Å². The van der Waals surface area contributed by atoms with E-state index in [4.69, 9.17) is 27.9 Å². The molecule has 0 N–H and O–H groups in total. The Hall–Kier alpha value is -1.51. The van der Waals surface area contributed by atoms with Gasteiger partial charge in [0, 0.05) is 28.5 Å². The summed E-state index contributed by atoms with van der Waals surface area (Å²) in [6.45, 7) is 0.402. The molecular formula is C17H16Cl2O2.